The Labute approximate surface area is 180 Å². The minimum absolute atomic E-state index is 0.0156. The molecule has 2 aromatic heterocycles. The second-order valence-electron chi connectivity index (χ2n) is 6.54. The molecule has 0 aliphatic carbocycles. The Kier molecular flexibility index (Phi) is 6.25. The van der Waals surface area contributed by atoms with Crippen LogP contribution in [0.3, 0.4) is 0 Å². The first-order chi connectivity index (χ1) is 14.6. The molecular formula is C22H18FN3O2S2. The van der Waals surface area contributed by atoms with Gasteiger partial charge in [0.2, 0.25) is 5.91 Å². The molecule has 0 atom stereocenters. The number of amides is 1. The highest BCUT2D eigenvalue weighted by molar-refractivity contribution is 7.99. The third kappa shape index (κ3) is 4.60. The molecule has 0 radical (unpaired) electrons. The van der Waals surface area contributed by atoms with E-state index in [0.717, 1.165) is 5.56 Å². The molecule has 4 rings (SSSR count). The lowest BCUT2D eigenvalue weighted by Crippen LogP contribution is -2.24. The molecule has 0 bridgehead atoms. The van der Waals surface area contributed by atoms with E-state index in [-0.39, 0.29) is 22.9 Å². The zero-order chi connectivity index (χ0) is 20.9. The normalized spacial score (nSPS) is 11.0. The van der Waals surface area contributed by atoms with E-state index in [9.17, 15) is 14.0 Å². The lowest BCUT2D eigenvalue weighted by atomic mass is 10.1. The zero-order valence-electron chi connectivity index (χ0n) is 15.9. The molecule has 0 spiro atoms. The summed E-state index contributed by atoms with van der Waals surface area (Å²) in [7, 11) is 0. The Morgan fingerprint density at radius 3 is 2.67 bits per heavy atom. The van der Waals surface area contributed by atoms with Gasteiger partial charge in [-0.05, 0) is 35.6 Å². The lowest BCUT2D eigenvalue weighted by Gasteiger charge is -2.12. The van der Waals surface area contributed by atoms with Gasteiger partial charge in [-0.15, -0.1) is 11.3 Å². The van der Waals surface area contributed by atoms with E-state index in [4.69, 9.17) is 0 Å². The Bertz CT molecular complexity index is 1240. The monoisotopic (exact) mass is 439 g/mol. The van der Waals surface area contributed by atoms with Crippen molar-refractivity contribution in [2.75, 3.05) is 11.1 Å². The molecule has 152 valence electrons. The number of rotatable bonds is 7. The van der Waals surface area contributed by atoms with Crippen molar-refractivity contribution in [1.29, 1.82) is 0 Å². The number of hydrogen-bond acceptors (Lipinski definition) is 5. The van der Waals surface area contributed by atoms with Crippen molar-refractivity contribution in [2.45, 2.75) is 18.1 Å². The predicted octanol–water partition coefficient (Wildman–Crippen LogP) is 4.57. The summed E-state index contributed by atoms with van der Waals surface area (Å²) in [6, 6.07) is 17.7. The average Bonchev–Trinajstić information content (AvgIpc) is 3.23. The molecule has 0 aliphatic heterocycles. The molecule has 2 aromatic carbocycles. The third-order valence-electron chi connectivity index (χ3n) is 4.48. The minimum atomic E-state index is -0.492. The molecule has 0 saturated carbocycles. The fourth-order valence-corrected chi connectivity index (χ4v) is 4.60. The Morgan fingerprint density at radius 2 is 1.87 bits per heavy atom. The van der Waals surface area contributed by atoms with Crippen LogP contribution in [0.1, 0.15) is 5.56 Å². The van der Waals surface area contributed by atoms with Gasteiger partial charge in [0.05, 0.1) is 17.0 Å². The molecule has 0 aliphatic rings. The lowest BCUT2D eigenvalue weighted by molar-refractivity contribution is -0.113. The van der Waals surface area contributed by atoms with Crippen LogP contribution in [0, 0.1) is 5.82 Å². The number of carbonyl (C=O) groups is 1. The topological polar surface area (TPSA) is 64.0 Å². The number of para-hydroxylation sites is 1. The highest BCUT2D eigenvalue weighted by Crippen LogP contribution is 2.22. The molecule has 0 unspecified atom stereocenters. The predicted molar refractivity (Wildman–Crippen MR) is 120 cm³/mol. The van der Waals surface area contributed by atoms with E-state index >= 15 is 0 Å². The maximum atomic E-state index is 13.8. The van der Waals surface area contributed by atoms with Crippen molar-refractivity contribution in [3.8, 4) is 0 Å². The average molecular weight is 440 g/mol. The first kappa shape index (κ1) is 20.3. The number of carbonyl (C=O) groups excluding carboxylic acids is 1. The summed E-state index contributed by atoms with van der Waals surface area (Å²) < 4.78 is 16.0. The van der Waals surface area contributed by atoms with E-state index in [2.05, 4.69) is 10.3 Å². The van der Waals surface area contributed by atoms with Gasteiger partial charge in [0.15, 0.2) is 5.16 Å². The van der Waals surface area contributed by atoms with Crippen LogP contribution in [0.2, 0.25) is 0 Å². The van der Waals surface area contributed by atoms with Gasteiger partial charge in [0.25, 0.3) is 5.56 Å². The number of fused-ring (bicyclic) bond motifs is 1. The summed E-state index contributed by atoms with van der Waals surface area (Å²) in [5, 5.41) is 4.87. The van der Waals surface area contributed by atoms with E-state index in [1.54, 1.807) is 22.8 Å². The van der Waals surface area contributed by atoms with Gasteiger partial charge in [-0.3, -0.25) is 14.2 Å². The largest absolute Gasteiger partial charge is 0.323 e. The van der Waals surface area contributed by atoms with Crippen LogP contribution in [0.15, 0.2) is 76.0 Å². The number of nitrogens with one attached hydrogen (secondary N) is 1. The molecule has 1 N–H and O–H groups in total. The molecule has 2 heterocycles. The van der Waals surface area contributed by atoms with Crippen LogP contribution < -0.4 is 10.9 Å². The summed E-state index contributed by atoms with van der Waals surface area (Å²) in [6.45, 7) is 0.459. The fraction of sp³-hybridized carbons (Fsp3) is 0.136. The van der Waals surface area contributed by atoms with Gasteiger partial charge in [-0.25, -0.2) is 9.37 Å². The van der Waals surface area contributed by atoms with Gasteiger partial charge < -0.3 is 5.32 Å². The first-order valence-corrected chi connectivity index (χ1v) is 11.2. The van der Waals surface area contributed by atoms with Crippen LogP contribution in [-0.2, 0) is 17.8 Å². The van der Waals surface area contributed by atoms with Crippen LogP contribution >= 0.6 is 23.1 Å². The molecule has 5 nitrogen and oxygen atoms in total. The summed E-state index contributed by atoms with van der Waals surface area (Å²) in [5.74, 6) is -0.838. The molecule has 0 saturated heterocycles. The minimum Gasteiger partial charge on any atom is -0.323 e. The van der Waals surface area contributed by atoms with Gasteiger partial charge in [-0.1, -0.05) is 54.2 Å². The van der Waals surface area contributed by atoms with Crippen LogP contribution in [-0.4, -0.2) is 21.2 Å². The van der Waals surface area contributed by atoms with Gasteiger partial charge >= 0.3 is 0 Å². The molecular weight excluding hydrogens is 421 g/mol. The summed E-state index contributed by atoms with van der Waals surface area (Å²) in [6.07, 6.45) is 0.675. The van der Waals surface area contributed by atoms with Crippen LogP contribution in [0.25, 0.3) is 10.2 Å². The third-order valence-corrected chi connectivity index (χ3v) is 6.35. The molecule has 1 amide bonds. The fourth-order valence-electron chi connectivity index (χ4n) is 3.00. The Hall–Kier alpha value is -2.97. The number of halogens is 1. The summed E-state index contributed by atoms with van der Waals surface area (Å²) >= 11 is 2.53. The van der Waals surface area contributed by atoms with Crippen molar-refractivity contribution < 1.29 is 9.18 Å². The summed E-state index contributed by atoms with van der Waals surface area (Å²) in [5.41, 5.74) is 1.76. The van der Waals surface area contributed by atoms with Crippen molar-refractivity contribution >= 4 is 44.9 Å². The second kappa shape index (κ2) is 9.23. The number of hydrogen-bond donors (Lipinski definition) is 1. The number of benzene rings is 2. The maximum absolute atomic E-state index is 13.8. The standard InChI is InChI=1S/C22H18FN3O2S2/c23-16-8-4-5-9-17(16)24-19(27)14-30-22-25-18-11-13-29-20(18)21(28)26(22)12-10-15-6-2-1-3-7-15/h1-9,11,13H,10,12,14H2,(H,24,27). The quantitative estimate of drug-likeness (QED) is 0.338. The summed E-state index contributed by atoms with van der Waals surface area (Å²) in [4.78, 5) is 29.9. The van der Waals surface area contributed by atoms with Crippen LogP contribution in [0.5, 0.6) is 0 Å². The second-order valence-corrected chi connectivity index (χ2v) is 8.40. The SMILES string of the molecule is O=C(CSc1nc2ccsc2c(=O)n1CCc1ccccc1)Nc1ccccc1F. The zero-order valence-corrected chi connectivity index (χ0v) is 17.5. The molecule has 4 aromatic rings. The number of thioether (sulfide) groups is 1. The smallest absolute Gasteiger partial charge is 0.272 e. The number of aryl methyl sites for hydroxylation is 1. The van der Waals surface area contributed by atoms with Crippen molar-refractivity contribution in [3.63, 3.8) is 0 Å². The maximum Gasteiger partial charge on any atom is 0.272 e. The Morgan fingerprint density at radius 1 is 1.10 bits per heavy atom. The molecule has 0 fully saturated rings. The van der Waals surface area contributed by atoms with Crippen LogP contribution in [0.4, 0.5) is 10.1 Å². The van der Waals surface area contributed by atoms with Gasteiger partial charge in [0, 0.05) is 6.54 Å². The molecule has 8 heteroatoms. The number of anilines is 1. The molecule has 30 heavy (non-hydrogen) atoms. The van der Waals surface area contributed by atoms with Crippen molar-refractivity contribution in [2.24, 2.45) is 0 Å². The van der Waals surface area contributed by atoms with Crippen molar-refractivity contribution in [3.05, 3.63) is 87.8 Å². The number of thiophene rings is 1. The first-order valence-electron chi connectivity index (χ1n) is 9.31. The van der Waals surface area contributed by atoms with E-state index in [1.165, 1.54) is 35.2 Å². The number of aromatic nitrogens is 2. The Balaban J connectivity index is 1.54. The van der Waals surface area contributed by atoms with E-state index in [0.29, 0.717) is 28.3 Å². The van der Waals surface area contributed by atoms with E-state index in [1.807, 2.05) is 35.7 Å². The highest BCUT2D eigenvalue weighted by atomic mass is 32.2. The number of nitrogens with zero attached hydrogens (tertiary/aromatic N) is 2. The van der Waals surface area contributed by atoms with Crippen molar-refractivity contribution in [1.82, 2.24) is 9.55 Å². The van der Waals surface area contributed by atoms with Gasteiger partial charge in [0.1, 0.15) is 10.5 Å². The highest BCUT2D eigenvalue weighted by Gasteiger charge is 2.15. The van der Waals surface area contributed by atoms with E-state index < -0.39 is 5.82 Å². The van der Waals surface area contributed by atoms with Gasteiger partial charge in [-0.2, -0.15) is 0 Å².